The van der Waals surface area contributed by atoms with Gasteiger partial charge in [0.2, 0.25) is 16.0 Å². The topological polar surface area (TPSA) is 98.0 Å². The Hall–Kier alpha value is -2.64. The summed E-state index contributed by atoms with van der Waals surface area (Å²) in [7, 11) is -3.53. The summed E-state index contributed by atoms with van der Waals surface area (Å²) in [5.74, 6) is 0.223. The Morgan fingerprint density at radius 3 is 2.52 bits per heavy atom. The first-order valence-electron chi connectivity index (χ1n) is 9.32. The molecule has 0 unspecified atom stereocenters. The quantitative estimate of drug-likeness (QED) is 0.645. The summed E-state index contributed by atoms with van der Waals surface area (Å²) in [6, 6.07) is 13.3. The van der Waals surface area contributed by atoms with Gasteiger partial charge in [-0.15, -0.1) is 0 Å². The molecule has 1 aliphatic rings. The monoisotopic (exact) mass is 428 g/mol. The maximum atomic E-state index is 12.4. The number of aryl methyl sites for hydroxylation is 2. The summed E-state index contributed by atoms with van der Waals surface area (Å²) >= 11 is 6.40. The van der Waals surface area contributed by atoms with Crippen LogP contribution in [0.25, 0.3) is 22.4 Å². The number of nitrogens with one attached hydrogen (secondary N) is 1. The number of nitrogens with two attached hydrogens (primary N) is 1. The molecule has 0 saturated heterocycles. The maximum Gasteiger partial charge on any atom is 0.235 e. The molecular weight excluding hydrogens is 408 g/mol. The SMILES string of the molecule is CC(C)S(=O)(=O)Nc1cc2c(cc1Cl)CCc1nc(N)nc(-c3ccccc3)c1-2. The van der Waals surface area contributed by atoms with E-state index in [1.807, 2.05) is 36.4 Å². The van der Waals surface area contributed by atoms with Crippen LogP contribution < -0.4 is 10.5 Å². The number of aromatic nitrogens is 2. The highest BCUT2D eigenvalue weighted by molar-refractivity contribution is 7.93. The van der Waals surface area contributed by atoms with Crippen molar-refractivity contribution in [2.75, 3.05) is 10.5 Å². The molecule has 1 aliphatic carbocycles. The molecule has 150 valence electrons. The van der Waals surface area contributed by atoms with Gasteiger partial charge < -0.3 is 5.73 Å². The third kappa shape index (κ3) is 3.68. The first-order chi connectivity index (χ1) is 13.8. The number of rotatable bonds is 4. The molecule has 0 saturated carbocycles. The molecule has 4 rings (SSSR count). The van der Waals surface area contributed by atoms with E-state index in [1.54, 1.807) is 19.9 Å². The highest BCUT2D eigenvalue weighted by Crippen LogP contribution is 2.42. The third-order valence-electron chi connectivity index (χ3n) is 5.01. The lowest BCUT2D eigenvalue weighted by Crippen LogP contribution is -2.23. The van der Waals surface area contributed by atoms with Crippen molar-refractivity contribution in [1.29, 1.82) is 0 Å². The van der Waals surface area contributed by atoms with Crippen LogP contribution in [0.5, 0.6) is 0 Å². The van der Waals surface area contributed by atoms with E-state index in [-0.39, 0.29) is 5.95 Å². The molecule has 3 N–H and O–H groups in total. The van der Waals surface area contributed by atoms with Gasteiger partial charge in [-0.25, -0.2) is 18.4 Å². The molecule has 3 aromatic rings. The van der Waals surface area contributed by atoms with Crippen LogP contribution >= 0.6 is 11.6 Å². The Morgan fingerprint density at radius 1 is 1.10 bits per heavy atom. The lowest BCUT2D eigenvalue weighted by Gasteiger charge is -2.24. The fourth-order valence-corrected chi connectivity index (χ4v) is 4.45. The maximum absolute atomic E-state index is 12.4. The largest absolute Gasteiger partial charge is 0.368 e. The Balaban J connectivity index is 1.93. The number of halogens is 1. The van der Waals surface area contributed by atoms with Gasteiger partial charge in [0.25, 0.3) is 0 Å². The average Bonchev–Trinajstić information content (AvgIpc) is 2.68. The Labute approximate surface area is 175 Å². The molecule has 0 aliphatic heterocycles. The van der Waals surface area contributed by atoms with Gasteiger partial charge in [0.05, 0.1) is 27.3 Å². The zero-order valence-corrected chi connectivity index (χ0v) is 17.7. The van der Waals surface area contributed by atoms with E-state index in [2.05, 4.69) is 14.7 Å². The van der Waals surface area contributed by atoms with Gasteiger partial charge in [0.15, 0.2) is 0 Å². The summed E-state index contributed by atoms with van der Waals surface area (Å²) in [5, 5.41) is -0.209. The molecule has 0 fully saturated rings. The van der Waals surface area contributed by atoms with Gasteiger partial charge >= 0.3 is 0 Å². The fourth-order valence-electron chi connectivity index (χ4n) is 3.45. The highest BCUT2D eigenvalue weighted by Gasteiger charge is 2.26. The van der Waals surface area contributed by atoms with Crippen LogP contribution in [0.15, 0.2) is 42.5 Å². The second kappa shape index (κ2) is 7.31. The molecule has 0 amide bonds. The van der Waals surface area contributed by atoms with Crippen molar-refractivity contribution >= 4 is 33.3 Å². The van der Waals surface area contributed by atoms with Gasteiger partial charge in [-0.3, -0.25) is 4.72 Å². The van der Waals surface area contributed by atoms with Gasteiger partial charge in [-0.2, -0.15) is 0 Å². The second-order valence-electron chi connectivity index (χ2n) is 7.30. The van der Waals surface area contributed by atoms with Crippen molar-refractivity contribution in [3.8, 4) is 22.4 Å². The van der Waals surface area contributed by atoms with Crippen LogP contribution in [-0.4, -0.2) is 23.6 Å². The second-order valence-corrected chi connectivity index (χ2v) is 9.95. The Kier molecular flexibility index (Phi) is 4.96. The number of anilines is 2. The summed E-state index contributed by atoms with van der Waals surface area (Å²) in [4.78, 5) is 8.95. The lowest BCUT2D eigenvalue weighted by atomic mass is 9.86. The predicted octanol–water partition coefficient (Wildman–Crippen LogP) is 4.29. The normalized spacial score (nSPS) is 13.1. The van der Waals surface area contributed by atoms with Crippen molar-refractivity contribution in [3.05, 3.63) is 58.7 Å². The molecule has 0 atom stereocenters. The average molecular weight is 429 g/mol. The van der Waals surface area contributed by atoms with Crippen molar-refractivity contribution in [1.82, 2.24) is 9.97 Å². The molecule has 6 nitrogen and oxygen atoms in total. The predicted molar refractivity (Wildman–Crippen MR) is 117 cm³/mol. The molecule has 8 heteroatoms. The van der Waals surface area contributed by atoms with Crippen molar-refractivity contribution in [2.24, 2.45) is 0 Å². The lowest BCUT2D eigenvalue weighted by molar-refractivity contribution is 0.593. The molecule has 2 aromatic carbocycles. The minimum Gasteiger partial charge on any atom is -0.368 e. The van der Waals surface area contributed by atoms with Crippen LogP contribution in [0.1, 0.15) is 25.1 Å². The van der Waals surface area contributed by atoms with E-state index < -0.39 is 15.3 Å². The van der Waals surface area contributed by atoms with Crippen LogP contribution in [0, 0.1) is 0 Å². The van der Waals surface area contributed by atoms with Crippen molar-refractivity contribution < 1.29 is 8.42 Å². The Bertz CT molecular complexity index is 1200. The van der Waals surface area contributed by atoms with E-state index in [4.69, 9.17) is 17.3 Å². The molecule has 1 aromatic heterocycles. The summed E-state index contributed by atoms with van der Waals surface area (Å²) < 4.78 is 27.4. The van der Waals surface area contributed by atoms with Gasteiger partial charge in [-0.1, -0.05) is 41.9 Å². The van der Waals surface area contributed by atoms with Crippen LogP contribution in [0.3, 0.4) is 0 Å². The molecule has 0 spiro atoms. The first kappa shape index (κ1) is 19.7. The standard InChI is InChI=1S/C21H21ClN4O2S/c1-12(2)29(27,28)26-18-11-15-14(10-16(18)22)8-9-17-19(15)20(25-21(23)24-17)13-6-4-3-5-7-13/h3-7,10-12,26H,8-9H2,1-2H3,(H2,23,24,25). The fraction of sp³-hybridized carbons (Fsp3) is 0.238. The number of nitrogen functional groups attached to an aromatic ring is 1. The highest BCUT2D eigenvalue weighted by atomic mass is 35.5. The van der Waals surface area contributed by atoms with Crippen molar-refractivity contribution in [3.63, 3.8) is 0 Å². The summed E-state index contributed by atoms with van der Waals surface area (Å²) in [5.41, 5.74) is 11.6. The van der Waals surface area contributed by atoms with Gasteiger partial charge in [-0.05, 0) is 49.9 Å². The third-order valence-corrected chi connectivity index (χ3v) is 7.07. The van der Waals surface area contributed by atoms with E-state index in [0.29, 0.717) is 17.1 Å². The minimum absolute atomic E-state index is 0.223. The number of fused-ring (bicyclic) bond motifs is 3. The number of hydrogen-bond acceptors (Lipinski definition) is 5. The van der Waals surface area contributed by atoms with Crippen LogP contribution in [0.4, 0.5) is 11.6 Å². The molecule has 0 radical (unpaired) electrons. The van der Waals surface area contributed by atoms with Crippen molar-refractivity contribution in [2.45, 2.75) is 31.9 Å². The van der Waals surface area contributed by atoms with Gasteiger partial charge in [0.1, 0.15) is 0 Å². The van der Waals surface area contributed by atoms with E-state index in [1.165, 1.54) is 0 Å². The molecule has 29 heavy (non-hydrogen) atoms. The van der Waals surface area contributed by atoms with E-state index in [0.717, 1.165) is 40.1 Å². The summed E-state index contributed by atoms with van der Waals surface area (Å²) in [6.45, 7) is 3.24. The van der Waals surface area contributed by atoms with E-state index >= 15 is 0 Å². The Morgan fingerprint density at radius 2 is 1.83 bits per heavy atom. The molecular formula is C21H21ClN4O2S. The zero-order chi connectivity index (χ0) is 20.8. The zero-order valence-electron chi connectivity index (χ0n) is 16.1. The number of hydrogen-bond donors (Lipinski definition) is 2. The van der Waals surface area contributed by atoms with Crippen LogP contribution in [-0.2, 0) is 22.9 Å². The smallest absolute Gasteiger partial charge is 0.235 e. The summed E-state index contributed by atoms with van der Waals surface area (Å²) in [6.07, 6.45) is 1.45. The number of benzene rings is 2. The first-order valence-corrected chi connectivity index (χ1v) is 11.2. The van der Waals surface area contributed by atoms with Gasteiger partial charge in [0, 0.05) is 11.1 Å². The number of sulfonamides is 1. The molecule has 0 bridgehead atoms. The molecule has 1 heterocycles. The minimum atomic E-state index is -3.53. The van der Waals surface area contributed by atoms with Crippen LogP contribution in [0.2, 0.25) is 5.02 Å². The number of nitrogens with zero attached hydrogens (tertiary/aromatic N) is 2. The van der Waals surface area contributed by atoms with E-state index in [9.17, 15) is 8.42 Å².